The van der Waals surface area contributed by atoms with E-state index in [0.717, 1.165) is 33.4 Å². The zero-order valence-corrected chi connectivity index (χ0v) is 15.9. The Morgan fingerprint density at radius 3 is 2.70 bits per heavy atom. The summed E-state index contributed by atoms with van der Waals surface area (Å²) in [5.41, 5.74) is 1.23. The molecule has 0 radical (unpaired) electrons. The quantitative estimate of drug-likeness (QED) is 0.566. The average Bonchev–Trinajstić information content (AvgIpc) is 2.83. The molecule has 0 saturated carbocycles. The SMILES string of the molecule is CCCNC(Cc1cc(Br)cs1)c1ccc(Br)c(Cl)c1. The molecule has 0 spiro atoms. The Morgan fingerprint density at radius 1 is 1.30 bits per heavy atom. The fraction of sp³-hybridized carbons (Fsp3) is 0.333. The molecule has 0 fully saturated rings. The molecule has 1 aromatic heterocycles. The summed E-state index contributed by atoms with van der Waals surface area (Å²) in [6, 6.07) is 8.67. The van der Waals surface area contributed by atoms with Crippen molar-refractivity contribution in [3.8, 4) is 0 Å². The minimum Gasteiger partial charge on any atom is -0.310 e. The Balaban J connectivity index is 2.19. The summed E-state index contributed by atoms with van der Waals surface area (Å²) in [5.74, 6) is 0. The van der Waals surface area contributed by atoms with Crippen molar-refractivity contribution in [3.05, 3.63) is 54.1 Å². The maximum absolute atomic E-state index is 6.22. The summed E-state index contributed by atoms with van der Waals surface area (Å²) in [6.45, 7) is 3.19. The van der Waals surface area contributed by atoms with E-state index < -0.39 is 0 Å². The van der Waals surface area contributed by atoms with Crippen LogP contribution in [0.25, 0.3) is 0 Å². The van der Waals surface area contributed by atoms with E-state index in [1.807, 2.05) is 12.1 Å². The molecule has 20 heavy (non-hydrogen) atoms. The van der Waals surface area contributed by atoms with E-state index in [1.54, 1.807) is 11.3 Å². The van der Waals surface area contributed by atoms with Crippen LogP contribution in [0.3, 0.4) is 0 Å². The van der Waals surface area contributed by atoms with Gasteiger partial charge >= 0.3 is 0 Å². The molecule has 0 aliphatic heterocycles. The van der Waals surface area contributed by atoms with Crippen LogP contribution in [0.5, 0.6) is 0 Å². The van der Waals surface area contributed by atoms with E-state index in [2.05, 4.69) is 61.6 Å². The molecule has 0 aliphatic rings. The molecule has 1 nitrogen and oxygen atoms in total. The molecule has 0 saturated heterocycles. The molecule has 0 aliphatic carbocycles. The number of thiophene rings is 1. The molecule has 1 atom stereocenters. The minimum atomic E-state index is 0.297. The van der Waals surface area contributed by atoms with Crippen LogP contribution in [0.15, 0.2) is 38.6 Å². The molecule has 1 aromatic carbocycles. The first-order valence-electron chi connectivity index (χ1n) is 6.51. The Hall–Kier alpha value is 0.130. The second-order valence-electron chi connectivity index (χ2n) is 4.62. The van der Waals surface area contributed by atoms with E-state index in [4.69, 9.17) is 11.6 Å². The molecule has 108 valence electrons. The maximum Gasteiger partial charge on any atom is 0.0551 e. The van der Waals surface area contributed by atoms with Crippen molar-refractivity contribution in [2.45, 2.75) is 25.8 Å². The molecule has 1 N–H and O–H groups in total. The summed E-state index contributed by atoms with van der Waals surface area (Å²) in [6.07, 6.45) is 2.10. The number of halogens is 3. The van der Waals surface area contributed by atoms with Crippen molar-refractivity contribution in [1.82, 2.24) is 5.32 Å². The van der Waals surface area contributed by atoms with Crippen molar-refractivity contribution in [3.63, 3.8) is 0 Å². The Kier molecular flexibility index (Phi) is 6.56. The molecule has 5 heteroatoms. The Morgan fingerprint density at radius 2 is 2.10 bits per heavy atom. The number of benzene rings is 1. The van der Waals surface area contributed by atoms with Crippen LogP contribution in [-0.2, 0) is 6.42 Å². The van der Waals surface area contributed by atoms with Crippen molar-refractivity contribution in [1.29, 1.82) is 0 Å². The van der Waals surface area contributed by atoms with E-state index in [-0.39, 0.29) is 0 Å². The monoisotopic (exact) mass is 435 g/mol. The van der Waals surface area contributed by atoms with Crippen molar-refractivity contribution >= 4 is 54.8 Å². The predicted octanol–water partition coefficient (Wildman–Crippen LogP) is 6.21. The molecule has 1 heterocycles. The van der Waals surface area contributed by atoms with E-state index in [1.165, 1.54) is 10.4 Å². The number of rotatable bonds is 6. The first kappa shape index (κ1) is 16.5. The lowest BCUT2D eigenvalue weighted by Crippen LogP contribution is -2.23. The highest BCUT2D eigenvalue weighted by atomic mass is 79.9. The first-order chi connectivity index (χ1) is 9.60. The minimum absolute atomic E-state index is 0.297. The molecule has 1 unspecified atom stereocenters. The molecule has 0 amide bonds. The Bertz CT molecular complexity index is 571. The third kappa shape index (κ3) is 4.57. The highest BCUT2D eigenvalue weighted by Gasteiger charge is 2.14. The van der Waals surface area contributed by atoms with Crippen molar-refractivity contribution in [2.75, 3.05) is 6.54 Å². The molecule has 2 aromatic rings. The van der Waals surface area contributed by atoms with Crippen LogP contribution in [0.1, 0.15) is 29.8 Å². The summed E-state index contributed by atoms with van der Waals surface area (Å²) >= 11 is 15.0. The molecule has 0 bridgehead atoms. The van der Waals surface area contributed by atoms with Crippen molar-refractivity contribution < 1.29 is 0 Å². The van der Waals surface area contributed by atoms with Crippen LogP contribution in [-0.4, -0.2) is 6.54 Å². The largest absolute Gasteiger partial charge is 0.310 e. The second-order valence-corrected chi connectivity index (χ2v) is 7.79. The van der Waals surface area contributed by atoms with Crippen LogP contribution in [0.4, 0.5) is 0 Å². The lowest BCUT2D eigenvalue weighted by molar-refractivity contribution is 0.532. The van der Waals surface area contributed by atoms with E-state index in [9.17, 15) is 0 Å². The van der Waals surface area contributed by atoms with E-state index >= 15 is 0 Å². The Labute approximate surface area is 146 Å². The van der Waals surface area contributed by atoms with Crippen LogP contribution in [0.2, 0.25) is 5.02 Å². The number of hydrogen-bond donors (Lipinski definition) is 1. The van der Waals surface area contributed by atoms with Gasteiger partial charge in [-0.05, 0) is 68.6 Å². The van der Waals surface area contributed by atoms with Gasteiger partial charge in [0.25, 0.3) is 0 Å². The normalized spacial score (nSPS) is 12.6. The van der Waals surface area contributed by atoms with Crippen LogP contribution >= 0.6 is 54.8 Å². The number of nitrogens with one attached hydrogen (secondary N) is 1. The average molecular weight is 438 g/mol. The fourth-order valence-corrected chi connectivity index (χ4v) is 3.95. The molecule has 2 rings (SSSR count). The maximum atomic E-state index is 6.22. The van der Waals surface area contributed by atoms with Gasteiger partial charge in [0.1, 0.15) is 0 Å². The van der Waals surface area contributed by atoms with Gasteiger partial charge in [0.2, 0.25) is 0 Å². The van der Waals surface area contributed by atoms with Crippen LogP contribution < -0.4 is 5.32 Å². The highest BCUT2D eigenvalue weighted by Crippen LogP contribution is 2.29. The van der Waals surface area contributed by atoms with Gasteiger partial charge in [0.05, 0.1) is 5.02 Å². The lowest BCUT2D eigenvalue weighted by atomic mass is 10.0. The first-order valence-corrected chi connectivity index (χ1v) is 9.35. The van der Waals surface area contributed by atoms with Crippen LogP contribution in [0, 0.1) is 0 Å². The zero-order chi connectivity index (χ0) is 14.5. The standard InChI is InChI=1S/C15H16Br2ClNS/c1-2-5-19-15(8-12-7-11(16)9-20-12)10-3-4-13(17)14(18)6-10/h3-4,6-7,9,15,19H,2,5,8H2,1H3. The summed E-state index contributed by atoms with van der Waals surface area (Å²) in [4.78, 5) is 1.37. The summed E-state index contributed by atoms with van der Waals surface area (Å²) < 4.78 is 2.09. The van der Waals surface area contributed by atoms with Gasteiger partial charge in [-0.25, -0.2) is 0 Å². The third-order valence-electron chi connectivity index (χ3n) is 3.01. The topological polar surface area (TPSA) is 12.0 Å². The summed E-state index contributed by atoms with van der Waals surface area (Å²) in [7, 11) is 0. The van der Waals surface area contributed by atoms with Crippen molar-refractivity contribution in [2.24, 2.45) is 0 Å². The van der Waals surface area contributed by atoms with Gasteiger partial charge in [-0.2, -0.15) is 0 Å². The van der Waals surface area contributed by atoms with Gasteiger partial charge < -0.3 is 5.32 Å². The molecular formula is C15H16Br2ClNS. The zero-order valence-electron chi connectivity index (χ0n) is 11.1. The fourth-order valence-electron chi connectivity index (χ4n) is 2.02. The lowest BCUT2D eigenvalue weighted by Gasteiger charge is -2.19. The van der Waals surface area contributed by atoms with E-state index in [0.29, 0.717) is 6.04 Å². The van der Waals surface area contributed by atoms with Gasteiger partial charge in [0, 0.05) is 31.7 Å². The smallest absolute Gasteiger partial charge is 0.0551 e. The highest BCUT2D eigenvalue weighted by molar-refractivity contribution is 9.10. The summed E-state index contributed by atoms with van der Waals surface area (Å²) in [5, 5.41) is 6.50. The van der Waals surface area contributed by atoms with Gasteiger partial charge in [-0.3, -0.25) is 0 Å². The third-order valence-corrected chi connectivity index (χ3v) is 5.97. The second kappa shape index (κ2) is 7.95. The molecular weight excluding hydrogens is 422 g/mol. The number of hydrogen-bond acceptors (Lipinski definition) is 2. The van der Waals surface area contributed by atoms with Gasteiger partial charge in [-0.1, -0.05) is 24.6 Å². The van der Waals surface area contributed by atoms with Gasteiger partial charge in [0.15, 0.2) is 0 Å². The van der Waals surface area contributed by atoms with Gasteiger partial charge in [-0.15, -0.1) is 11.3 Å². The predicted molar refractivity (Wildman–Crippen MR) is 95.9 cm³/mol.